The molecule has 2 heteroatoms. The molecule has 0 radical (unpaired) electrons. The van der Waals surface area contributed by atoms with Crippen molar-refractivity contribution in [2.24, 2.45) is 0 Å². The summed E-state index contributed by atoms with van der Waals surface area (Å²) in [6.07, 6.45) is 4.43. The van der Waals surface area contributed by atoms with Gasteiger partial charge in [-0.2, -0.15) is 0 Å². The number of aromatic nitrogens is 1. The molecule has 1 heterocycles. The van der Waals surface area contributed by atoms with Crippen LogP contribution in [0.3, 0.4) is 0 Å². The van der Waals surface area contributed by atoms with Crippen molar-refractivity contribution in [3.63, 3.8) is 0 Å². The van der Waals surface area contributed by atoms with Gasteiger partial charge in [-0.1, -0.05) is 172 Å². The first-order chi connectivity index (χ1) is 30.0. The summed E-state index contributed by atoms with van der Waals surface area (Å²) < 4.78 is 2.42. The lowest BCUT2D eigenvalue weighted by Gasteiger charge is -2.29. The molecule has 0 spiro atoms. The maximum absolute atomic E-state index is 2.42. The van der Waals surface area contributed by atoms with Gasteiger partial charge in [0.05, 0.1) is 16.7 Å². The van der Waals surface area contributed by atoms with Crippen molar-refractivity contribution in [3.8, 4) is 27.9 Å². The molecule has 0 N–H and O–H groups in total. The molecular weight excluding hydrogens is 737 g/mol. The molecule has 0 saturated heterocycles. The van der Waals surface area contributed by atoms with Crippen LogP contribution in [0, 0.1) is 0 Å². The van der Waals surface area contributed by atoms with Crippen molar-refractivity contribution >= 4 is 72.6 Å². The zero-order valence-electron chi connectivity index (χ0n) is 34.2. The Kier molecular flexibility index (Phi) is 7.92. The molecule has 288 valence electrons. The van der Waals surface area contributed by atoms with Crippen LogP contribution in [0.4, 0.5) is 17.1 Å². The van der Waals surface area contributed by atoms with E-state index >= 15 is 0 Å². The number of para-hydroxylation sites is 1. The largest absolute Gasteiger partial charge is 0.310 e. The smallest absolute Gasteiger partial charge is 0.0553 e. The van der Waals surface area contributed by atoms with E-state index in [9.17, 15) is 0 Å². The van der Waals surface area contributed by atoms with E-state index in [0.29, 0.717) is 0 Å². The molecule has 2 nitrogen and oxygen atoms in total. The number of anilines is 3. The average molecular weight is 779 g/mol. The van der Waals surface area contributed by atoms with Crippen LogP contribution in [0.15, 0.2) is 206 Å². The molecule has 0 aliphatic heterocycles. The Morgan fingerprint density at radius 1 is 0.426 bits per heavy atom. The van der Waals surface area contributed by atoms with Gasteiger partial charge in [0.2, 0.25) is 0 Å². The van der Waals surface area contributed by atoms with Gasteiger partial charge in [0.25, 0.3) is 0 Å². The van der Waals surface area contributed by atoms with E-state index in [-0.39, 0.29) is 5.41 Å². The third kappa shape index (κ3) is 5.64. The average Bonchev–Trinajstić information content (AvgIpc) is 3.77. The van der Waals surface area contributed by atoms with Crippen LogP contribution in [0.5, 0.6) is 0 Å². The highest BCUT2D eigenvalue weighted by Crippen LogP contribution is 2.51. The predicted molar refractivity (Wildman–Crippen MR) is 260 cm³/mol. The lowest BCUT2D eigenvalue weighted by atomic mass is 9.82. The Morgan fingerprint density at radius 3 is 1.90 bits per heavy atom. The zero-order valence-corrected chi connectivity index (χ0v) is 34.2. The highest BCUT2D eigenvalue weighted by Gasteiger charge is 2.35. The Labute approximate surface area is 356 Å². The quantitative estimate of drug-likeness (QED) is 0.116. The summed E-state index contributed by atoms with van der Waals surface area (Å²) in [7, 11) is 0. The minimum atomic E-state index is -0.0890. The fourth-order valence-electron chi connectivity index (χ4n) is 10.1. The molecule has 0 amide bonds. The summed E-state index contributed by atoms with van der Waals surface area (Å²) in [6.45, 7) is 4.71. The lowest BCUT2D eigenvalue weighted by Crippen LogP contribution is -2.16. The van der Waals surface area contributed by atoms with E-state index in [0.717, 1.165) is 22.5 Å². The summed E-state index contributed by atoms with van der Waals surface area (Å²) in [5, 5.41) is 7.66. The summed E-state index contributed by atoms with van der Waals surface area (Å²) in [4.78, 5) is 2.42. The molecule has 1 aliphatic carbocycles. The van der Waals surface area contributed by atoms with Gasteiger partial charge in [0.1, 0.15) is 0 Å². The fraction of sp³-hybridized carbons (Fsp3) is 0.0508. The second kappa shape index (κ2) is 13.7. The van der Waals surface area contributed by atoms with E-state index in [1.54, 1.807) is 0 Å². The SMILES string of the molecule is CC1(C)c2ccccc2-c2ccc(N(c3ccc(C=Cc4ccc(-c5cc6ccc7cccc8c7c6c(c5)n8-c5ccccc5)cc4)cc3)c3cccc4ccccc34)cc21. The molecule has 1 aromatic heterocycles. The van der Waals surface area contributed by atoms with Crippen molar-refractivity contribution in [2.45, 2.75) is 19.3 Å². The van der Waals surface area contributed by atoms with Crippen LogP contribution in [-0.2, 0) is 5.41 Å². The van der Waals surface area contributed by atoms with Gasteiger partial charge in [-0.15, -0.1) is 0 Å². The molecule has 0 unspecified atom stereocenters. The van der Waals surface area contributed by atoms with Crippen LogP contribution >= 0.6 is 0 Å². The standard InChI is InChI=1S/C59H42N2/c1-59(2)52-19-9-8-18-50(52)51-35-34-48(38-53(51)59)60(54-20-10-13-42-12-6-7-17-49(42)54)47-32-26-40(27-33-47)23-22-39-24-28-41(29-25-39)45-36-44-31-30-43-14-11-21-55-57(43)58(44)56(37-45)61(55)46-15-4-3-5-16-46/h3-38H,1-2H3. The second-order valence-electron chi connectivity index (χ2n) is 17.0. The molecule has 0 atom stereocenters. The number of rotatable bonds is 7. The lowest BCUT2D eigenvalue weighted by molar-refractivity contribution is 0.660. The van der Waals surface area contributed by atoms with Crippen LogP contribution in [0.25, 0.3) is 83.4 Å². The van der Waals surface area contributed by atoms with Crippen molar-refractivity contribution in [1.82, 2.24) is 4.57 Å². The molecule has 1 aliphatic rings. The monoisotopic (exact) mass is 778 g/mol. The van der Waals surface area contributed by atoms with Gasteiger partial charge in [-0.25, -0.2) is 0 Å². The predicted octanol–water partition coefficient (Wildman–Crippen LogP) is 16.1. The molecule has 0 bridgehead atoms. The molecule has 12 rings (SSSR count). The summed E-state index contributed by atoms with van der Waals surface area (Å²) in [6, 6.07) is 75.8. The normalized spacial score (nSPS) is 13.1. The Balaban J connectivity index is 0.870. The number of nitrogens with zero attached hydrogens (tertiary/aromatic N) is 2. The first-order valence-electron chi connectivity index (χ1n) is 21.3. The Hall–Kier alpha value is -7.68. The molecule has 0 fully saturated rings. The van der Waals surface area contributed by atoms with Crippen molar-refractivity contribution in [3.05, 3.63) is 229 Å². The number of fused-ring (bicyclic) bond motifs is 4. The fourth-order valence-corrected chi connectivity index (χ4v) is 10.1. The maximum Gasteiger partial charge on any atom is 0.0553 e. The molecule has 0 saturated carbocycles. The number of benzene rings is 10. The van der Waals surface area contributed by atoms with Crippen LogP contribution in [-0.4, -0.2) is 4.57 Å². The van der Waals surface area contributed by atoms with Crippen molar-refractivity contribution in [2.75, 3.05) is 4.90 Å². The van der Waals surface area contributed by atoms with E-state index in [1.165, 1.54) is 88.1 Å². The first kappa shape index (κ1) is 35.3. The van der Waals surface area contributed by atoms with E-state index in [2.05, 4.69) is 242 Å². The highest BCUT2D eigenvalue weighted by molar-refractivity contribution is 6.25. The van der Waals surface area contributed by atoms with E-state index in [4.69, 9.17) is 0 Å². The molecule has 11 aromatic rings. The van der Waals surface area contributed by atoms with Gasteiger partial charge in [-0.05, 0) is 121 Å². The van der Waals surface area contributed by atoms with E-state index in [1.807, 2.05) is 0 Å². The minimum Gasteiger partial charge on any atom is -0.310 e. The summed E-state index contributed by atoms with van der Waals surface area (Å²) in [5.74, 6) is 0. The molecule has 61 heavy (non-hydrogen) atoms. The van der Waals surface area contributed by atoms with Crippen LogP contribution < -0.4 is 4.90 Å². The van der Waals surface area contributed by atoms with Crippen LogP contribution in [0.1, 0.15) is 36.1 Å². The Bertz CT molecular complexity index is 3470. The van der Waals surface area contributed by atoms with Crippen molar-refractivity contribution < 1.29 is 0 Å². The second-order valence-corrected chi connectivity index (χ2v) is 17.0. The molecule has 10 aromatic carbocycles. The number of hydrogen-bond donors (Lipinski definition) is 0. The van der Waals surface area contributed by atoms with Gasteiger partial charge >= 0.3 is 0 Å². The van der Waals surface area contributed by atoms with E-state index < -0.39 is 0 Å². The van der Waals surface area contributed by atoms with Gasteiger partial charge < -0.3 is 9.47 Å². The minimum absolute atomic E-state index is 0.0890. The van der Waals surface area contributed by atoms with Gasteiger partial charge in [-0.3, -0.25) is 0 Å². The van der Waals surface area contributed by atoms with Gasteiger partial charge in [0.15, 0.2) is 0 Å². The highest BCUT2D eigenvalue weighted by atomic mass is 15.1. The third-order valence-corrected chi connectivity index (χ3v) is 13.1. The summed E-state index contributed by atoms with van der Waals surface area (Å²) >= 11 is 0. The zero-order chi connectivity index (χ0) is 40.7. The first-order valence-corrected chi connectivity index (χ1v) is 21.3. The third-order valence-electron chi connectivity index (χ3n) is 13.1. The Morgan fingerprint density at radius 2 is 1.07 bits per heavy atom. The number of hydrogen-bond acceptors (Lipinski definition) is 1. The molecular formula is C59H42N2. The van der Waals surface area contributed by atoms with Gasteiger partial charge in [0, 0.05) is 38.6 Å². The van der Waals surface area contributed by atoms with Crippen molar-refractivity contribution in [1.29, 1.82) is 0 Å². The maximum atomic E-state index is 2.42. The topological polar surface area (TPSA) is 8.17 Å². The van der Waals surface area contributed by atoms with Crippen LogP contribution in [0.2, 0.25) is 0 Å². The summed E-state index contributed by atoms with van der Waals surface area (Å²) in [5.41, 5.74) is 17.2.